The summed E-state index contributed by atoms with van der Waals surface area (Å²) in [7, 11) is 27.7. The fourth-order valence-corrected chi connectivity index (χ4v) is 0.849. The number of carbonyl (C=O) groups is 1. The maximum Gasteiger partial charge on any atom is 0.291 e. The number of carboxylic acid groups (broad SMARTS) is 1. The number of hydrogen-bond donors (Lipinski definition) is 1. The molecule has 0 atom stereocenters. The van der Waals surface area contributed by atoms with Gasteiger partial charge < -0.3 is 9.92 Å². The molecule has 0 rings (SSSR count). The minimum atomic E-state index is -2.25. The highest BCUT2D eigenvalue weighted by atomic mass is 16.4. The first kappa shape index (κ1) is 15.8. The molecule has 76 valence electrons. The van der Waals surface area contributed by atoms with Gasteiger partial charge in [0.1, 0.15) is 0 Å². The molecule has 8 heteroatoms. The van der Waals surface area contributed by atoms with Crippen LogP contribution >= 0.6 is 0 Å². The van der Waals surface area contributed by atoms with Crippen LogP contribution < -0.4 is 0 Å². The van der Waals surface area contributed by atoms with Crippen molar-refractivity contribution in [2.45, 2.75) is 36.7 Å². The lowest BCUT2D eigenvalue weighted by Gasteiger charge is -2.46. The van der Waals surface area contributed by atoms with E-state index < -0.39 is 21.9 Å². The molecule has 0 aromatic rings. The molecule has 0 unspecified atom stereocenters. The molecule has 0 aliphatic heterocycles. The van der Waals surface area contributed by atoms with Crippen LogP contribution in [-0.4, -0.2) is 67.3 Å². The Balaban J connectivity index is 4.90. The number of nitrogens with zero attached hydrogens (tertiary/aromatic N) is 1. The van der Waals surface area contributed by atoms with Gasteiger partial charge in [-0.15, -0.1) is 0 Å². The summed E-state index contributed by atoms with van der Waals surface area (Å²) in [5.74, 6) is -1.49. The van der Waals surface area contributed by atoms with E-state index in [0.29, 0.717) is 0 Å². The molecular formula is C8H12B5NO2. The van der Waals surface area contributed by atoms with Gasteiger partial charge in [0.15, 0.2) is 7.98 Å². The third-order valence-corrected chi connectivity index (χ3v) is 2.42. The summed E-state index contributed by atoms with van der Waals surface area (Å²) < 4.78 is 0. The highest BCUT2D eigenvalue weighted by Crippen LogP contribution is 2.42. The van der Waals surface area contributed by atoms with Gasteiger partial charge in [-0.05, 0) is 32.5 Å². The van der Waals surface area contributed by atoms with E-state index in [1.165, 1.54) is 4.81 Å². The van der Waals surface area contributed by atoms with Gasteiger partial charge in [0.2, 0.25) is 0 Å². The molecule has 3 nitrogen and oxygen atoms in total. The molecule has 0 aliphatic rings. The first-order valence-electron chi connectivity index (χ1n) is 4.73. The second kappa shape index (κ2) is 4.56. The Bertz CT molecular complexity index is 274. The van der Waals surface area contributed by atoms with Crippen molar-refractivity contribution in [1.29, 1.82) is 0 Å². The van der Waals surface area contributed by atoms with E-state index in [2.05, 4.69) is 0 Å². The zero-order valence-corrected chi connectivity index (χ0v) is 9.90. The van der Waals surface area contributed by atoms with Crippen molar-refractivity contribution in [2.75, 3.05) is 6.54 Å². The largest absolute Gasteiger partial charge is 0.482 e. The maximum atomic E-state index is 10.8. The molecule has 0 aliphatic carbocycles. The lowest BCUT2D eigenvalue weighted by atomic mass is 9.29. The highest BCUT2D eigenvalue weighted by molar-refractivity contribution is 6.60. The van der Waals surface area contributed by atoms with Gasteiger partial charge >= 0.3 is 0 Å². The quantitative estimate of drug-likeness (QED) is 0.613. The van der Waals surface area contributed by atoms with Crippen LogP contribution in [0.2, 0.25) is 10.4 Å². The molecule has 0 spiro atoms. The van der Waals surface area contributed by atoms with Crippen molar-refractivity contribution in [2.24, 2.45) is 0 Å². The van der Waals surface area contributed by atoms with Crippen molar-refractivity contribution in [1.82, 2.24) is 4.81 Å². The summed E-state index contributed by atoms with van der Waals surface area (Å²) in [6, 6.07) is 0. The molecule has 0 aromatic heterocycles. The highest BCUT2D eigenvalue weighted by Gasteiger charge is 2.42. The van der Waals surface area contributed by atoms with Crippen LogP contribution in [0.3, 0.4) is 0 Å². The molecule has 0 fully saturated rings. The lowest BCUT2D eigenvalue weighted by Crippen LogP contribution is -2.50. The first-order chi connectivity index (χ1) is 6.82. The molecule has 0 aromatic carbocycles. The molecule has 0 bridgehead atoms. The Morgan fingerprint density at radius 1 is 1.19 bits per heavy atom. The normalized spacial score (nSPS) is 14.0. The molecule has 0 saturated carbocycles. The predicted octanol–water partition coefficient (Wildman–Crippen LogP) is -0.839. The minimum Gasteiger partial charge on any atom is -0.482 e. The topological polar surface area (TPSA) is 40.5 Å². The molecule has 16 heavy (non-hydrogen) atoms. The fourth-order valence-electron chi connectivity index (χ4n) is 0.849. The molecule has 0 saturated heterocycles. The van der Waals surface area contributed by atoms with Crippen molar-refractivity contribution in [3.8, 4) is 0 Å². The van der Waals surface area contributed by atoms with E-state index in [1.54, 1.807) is 0 Å². The van der Waals surface area contributed by atoms with E-state index >= 15 is 0 Å². The van der Waals surface area contributed by atoms with Crippen LogP contribution in [0.5, 0.6) is 0 Å². The van der Waals surface area contributed by atoms with Gasteiger partial charge in [0.05, 0.1) is 31.4 Å². The Kier molecular flexibility index (Phi) is 4.49. The van der Waals surface area contributed by atoms with E-state index in [4.69, 9.17) is 44.5 Å². The van der Waals surface area contributed by atoms with Crippen molar-refractivity contribution in [3.05, 3.63) is 0 Å². The minimum absolute atomic E-state index is 0.157. The first-order valence-corrected chi connectivity index (χ1v) is 4.73. The van der Waals surface area contributed by atoms with Crippen LogP contribution in [-0.2, 0) is 4.79 Å². The van der Waals surface area contributed by atoms with Crippen LogP contribution in [0.1, 0.15) is 20.8 Å². The zero-order chi connectivity index (χ0) is 13.4. The summed E-state index contributed by atoms with van der Waals surface area (Å²) in [6.45, 7) is 5.30. The van der Waals surface area contributed by atoms with Gasteiger partial charge in [-0.2, -0.15) is 0 Å². The monoisotopic (exact) mass is 209 g/mol. The average molecular weight is 208 g/mol. The van der Waals surface area contributed by atoms with Gasteiger partial charge in [0, 0.05) is 5.54 Å². The summed E-state index contributed by atoms with van der Waals surface area (Å²) in [4.78, 5) is 12.1. The third kappa shape index (κ3) is 3.37. The van der Waals surface area contributed by atoms with Gasteiger partial charge in [-0.25, -0.2) is 0 Å². The lowest BCUT2D eigenvalue weighted by molar-refractivity contribution is -0.138. The number of carboxylic acids is 1. The number of aliphatic carboxylic acids is 1. The van der Waals surface area contributed by atoms with Crippen LogP contribution in [0, 0.1) is 0 Å². The van der Waals surface area contributed by atoms with Gasteiger partial charge in [-0.1, -0.05) is 5.21 Å². The van der Waals surface area contributed by atoms with E-state index in [-0.39, 0.29) is 6.54 Å². The second-order valence-electron chi connectivity index (χ2n) is 5.01. The third-order valence-electron chi connectivity index (χ3n) is 2.42. The van der Waals surface area contributed by atoms with Crippen LogP contribution in [0.25, 0.3) is 0 Å². The summed E-state index contributed by atoms with van der Waals surface area (Å²) >= 11 is 0. The Hall–Kier alpha value is -0.245. The molecule has 0 amide bonds. The fraction of sp³-hybridized carbons (Fsp3) is 0.875. The predicted molar refractivity (Wildman–Crippen MR) is 68.3 cm³/mol. The average Bonchev–Trinajstić information content (AvgIpc) is 2.00. The Morgan fingerprint density at radius 2 is 1.56 bits per heavy atom. The number of rotatable bonds is 4. The summed E-state index contributed by atoms with van der Waals surface area (Å²) in [5, 5.41) is 4.72. The van der Waals surface area contributed by atoms with Crippen molar-refractivity contribution < 1.29 is 9.90 Å². The smallest absolute Gasteiger partial charge is 0.291 e. The van der Waals surface area contributed by atoms with E-state index in [1.807, 2.05) is 20.8 Å². The van der Waals surface area contributed by atoms with Crippen molar-refractivity contribution >= 4 is 45.3 Å². The maximum absolute atomic E-state index is 10.8. The zero-order valence-electron chi connectivity index (χ0n) is 9.90. The Labute approximate surface area is 104 Å². The number of hydrogen-bond acceptors (Lipinski definition) is 2. The van der Waals surface area contributed by atoms with Crippen molar-refractivity contribution in [3.63, 3.8) is 0 Å². The second-order valence-corrected chi connectivity index (χ2v) is 5.01. The van der Waals surface area contributed by atoms with Gasteiger partial charge in [-0.3, -0.25) is 4.79 Å². The summed E-state index contributed by atoms with van der Waals surface area (Å²) in [5.41, 5.74) is -0.432. The summed E-state index contributed by atoms with van der Waals surface area (Å²) in [6.07, 6.45) is 0. The standard InChI is InChI=1S/C8H12B5NO2/c1-6(2,3)14(13)4-7(9,10)8(11,12)5(15)16/h4H2,1-3H3,(H,15,16). The Morgan fingerprint density at radius 3 is 1.81 bits per heavy atom. The molecule has 10 radical (unpaired) electrons. The SMILES string of the molecule is [B]N(CC([B])([B])C([B])([B])C(=O)O)C(C)(C)C. The van der Waals surface area contributed by atoms with Crippen LogP contribution in [0.15, 0.2) is 0 Å². The van der Waals surface area contributed by atoms with E-state index in [0.717, 1.165) is 0 Å². The molecular weight excluding hydrogens is 196 g/mol. The van der Waals surface area contributed by atoms with E-state index in [9.17, 15) is 4.79 Å². The van der Waals surface area contributed by atoms with Gasteiger partial charge in [0.25, 0.3) is 5.97 Å². The molecule has 0 heterocycles. The van der Waals surface area contributed by atoms with Crippen LogP contribution in [0.4, 0.5) is 0 Å². The molecule has 1 N–H and O–H groups in total.